The van der Waals surface area contributed by atoms with Crippen molar-refractivity contribution in [2.24, 2.45) is 0 Å². The third-order valence-electron chi connectivity index (χ3n) is 4.60. The molecule has 0 fully saturated rings. The number of rotatable bonds is 15. The molecule has 1 heterocycles. The molecule has 0 radical (unpaired) electrons. The summed E-state index contributed by atoms with van der Waals surface area (Å²) in [6.07, 6.45) is 2.37. The molecule has 0 saturated heterocycles. The van der Waals surface area contributed by atoms with E-state index in [1.807, 2.05) is 0 Å². The summed E-state index contributed by atoms with van der Waals surface area (Å²) in [6.45, 7) is 0.799. The number of ether oxygens (including phenoxy) is 7. The van der Waals surface area contributed by atoms with Crippen LogP contribution in [-0.4, -0.2) is 97.4 Å². The molecule has 0 aliphatic rings. The smallest absolute Gasteiger partial charge is 0.129 e. The number of nitrogens with zero attached hydrogens (tertiary/aromatic N) is 2. The molecule has 9 nitrogen and oxygen atoms in total. The number of hydrogen-bond acceptors (Lipinski definition) is 9. The second kappa shape index (κ2) is 13.9. The molecule has 0 aliphatic heterocycles. The van der Waals surface area contributed by atoms with Crippen LogP contribution in [-0.2, 0) is 39.6 Å². The lowest BCUT2D eigenvalue weighted by molar-refractivity contribution is -0.126. The third-order valence-corrected chi connectivity index (χ3v) is 4.60. The standard InChI is InChI=1S/C19H34N2O7/c1-22-11-16(25-4)15(24-3)8-13-9-21-14(10-20-13)18(27-6)19(28-7)17(26-5)12-23-2/h9-10,15-19H,8,11-12H2,1-7H3. The Kier molecular flexibility index (Phi) is 12.3. The molecule has 9 heteroatoms. The van der Waals surface area contributed by atoms with Gasteiger partial charge in [-0.05, 0) is 0 Å². The van der Waals surface area contributed by atoms with Crippen LogP contribution in [0.3, 0.4) is 0 Å². The maximum atomic E-state index is 5.62. The molecule has 0 bridgehead atoms. The van der Waals surface area contributed by atoms with Crippen molar-refractivity contribution < 1.29 is 33.2 Å². The minimum absolute atomic E-state index is 0.197. The van der Waals surface area contributed by atoms with E-state index in [1.54, 1.807) is 62.2 Å². The van der Waals surface area contributed by atoms with Crippen LogP contribution in [0.2, 0.25) is 0 Å². The number of aromatic nitrogens is 2. The van der Waals surface area contributed by atoms with E-state index in [-0.39, 0.29) is 18.3 Å². The van der Waals surface area contributed by atoms with E-state index in [0.717, 1.165) is 5.69 Å². The molecule has 5 unspecified atom stereocenters. The fraction of sp³-hybridized carbons (Fsp3) is 0.789. The van der Waals surface area contributed by atoms with Gasteiger partial charge in [-0.15, -0.1) is 0 Å². The highest BCUT2D eigenvalue weighted by molar-refractivity contribution is 5.09. The highest BCUT2D eigenvalue weighted by atomic mass is 16.6. The monoisotopic (exact) mass is 402 g/mol. The van der Waals surface area contributed by atoms with E-state index in [0.29, 0.717) is 25.3 Å². The fourth-order valence-corrected chi connectivity index (χ4v) is 3.04. The lowest BCUT2D eigenvalue weighted by Gasteiger charge is -2.30. The van der Waals surface area contributed by atoms with Crippen LogP contribution in [0.1, 0.15) is 17.5 Å². The molecular formula is C19H34N2O7. The van der Waals surface area contributed by atoms with Gasteiger partial charge in [0.15, 0.2) is 0 Å². The van der Waals surface area contributed by atoms with E-state index in [1.165, 1.54) is 0 Å². The van der Waals surface area contributed by atoms with Gasteiger partial charge in [0.25, 0.3) is 0 Å². The molecule has 1 aromatic heterocycles. The summed E-state index contributed by atoms with van der Waals surface area (Å²) in [4.78, 5) is 9.04. The van der Waals surface area contributed by atoms with Crippen LogP contribution in [0.5, 0.6) is 0 Å². The van der Waals surface area contributed by atoms with E-state index >= 15 is 0 Å². The van der Waals surface area contributed by atoms with Crippen molar-refractivity contribution in [1.29, 1.82) is 0 Å². The lowest BCUT2D eigenvalue weighted by atomic mass is 10.0. The second-order valence-electron chi connectivity index (χ2n) is 6.23. The first-order valence-corrected chi connectivity index (χ1v) is 9.02. The summed E-state index contributed by atoms with van der Waals surface area (Å²) in [5.41, 5.74) is 1.42. The molecule has 1 rings (SSSR count). The Hall–Kier alpha value is -1.20. The Morgan fingerprint density at radius 2 is 1.29 bits per heavy atom. The van der Waals surface area contributed by atoms with Gasteiger partial charge >= 0.3 is 0 Å². The zero-order chi connectivity index (χ0) is 20.9. The van der Waals surface area contributed by atoms with Crippen LogP contribution < -0.4 is 0 Å². The summed E-state index contributed by atoms with van der Waals surface area (Å²) in [6, 6.07) is 0. The fourth-order valence-electron chi connectivity index (χ4n) is 3.04. The third kappa shape index (κ3) is 7.00. The van der Waals surface area contributed by atoms with Gasteiger partial charge in [-0.3, -0.25) is 9.97 Å². The van der Waals surface area contributed by atoms with Crippen molar-refractivity contribution in [3.8, 4) is 0 Å². The van der Waals surface area contributed by atoms with Gasteiger partial charge in [-0.2, -0.15) is 0 Å². The van der Waals surface area contributed by atoms with E-state index in [4.69, 9.17) is 33.2 Å². The van der Waals surface area contributed by atoms with Gasteiger partial charge in [0.05, 0.1) is 36.9 Å². The SMILES string of the molecule is COCC(OC)C(Cc1cnc(C(OC)C(OC)C(COC)OC)cn1)OC. The molecule has 5 atom stereocenters. The van der Waals surface area contributed by atoms with Crippen LogP contribution in [0.4, 0.5) is 0 Å². The average molecular weight is 402 g/mol. The Morgan fingerprint density at radius 1 is 0.679 bits per heavy atom. The molecule has 0 spiro atoms. The summed E-state index contributed by atoms with van der Waals surface area (Å²) in [7, 11) is 11.3. The van der Waals surface area contributed by atoms with Crippen LogP contribution >= 0.6 is 0 Å². The average Bonchev–Trinajstić information content (AvgIpc) is 2.73. The van der Waals surface area contributed by atoms with Gasteiger partial charge in [0, 0.05) is 62.4 Å². The van der Waals surface area contributed by atoms with Crippen LogP contribution in [0.15, 0.2) is 12.4 Å². The zero-order valence-electron chi connectivity index (χ0n) is 17.9. The van der Waals surface area contributed by atoms with Gasteiger partial charge < -0.3 is 33.2 Å². The summed E-state index contributed by atoms with van der Waals surface area (Å²) < 4.78 is 38.1. The van der Waals surface area contributed by atoms with Crippen molar-refractivity contribution in [2.75, 3.05) is 63.0 Å². The van der Waals surface area contributed by atoms with Crippen molar-refractivity contribution >= 4 is 0 Å². The molecule has 28 heavy (non-hydrogen) atoms. The van der Waals surface area contributed by atoms with Crippen molar-refractivity contribution in [2.45, 2.75) is 36.9 Å². The lowest BCUT2D eigenvalue weighted by Crippen LogP contribution is -2.39. The van der Waals surface area contributed by atoms with E-state index in [2.05, 4.69) is 9.97 Å². The maximum Gasteiger partial charge on any atom is 0.129 e. The predicted molar refractivity (Wildman–Crippen MR) is 102 cm³/mol. The van der Waals surface area contributed by atoms with Crippen LogP contribution in [0, 0.1) is 0 Å². The first-order valence-electron chi connectivity index (χ1n) is 9.02. The second-order valence-corrected chi connectivity index (χ2v) is 6.23. The molecule has 162 valence electrons. The van der Waals surface area contributed by atoms with Gasteiger partial charge in [0.2, 0.25) is 0 Å². The molecule has 1 aromatic rings. The van der Waals surface area contributed by atoms with Gasteiger partial charge in [-0.1, -0.05) is 0 Å². The highest BCUT2D eigenvalue weighted by Gasteiger charge is 2.32. The summed E-state index contributed by atoms with van der Waals surface area (Å²) in [5.74, 6) is 0. The Labute approximate surface area is 167 Å². The Balaban J connectivity index is 2.93. The number of methoxy groups -OCH3 is 7. The quantitative estimate of drug-likeness (QED) is 0.427. The maximum absolute atomic E-state index is 5.62. The minimum Gasteiger partial charge on any atom is -0.382 e. The van der Waals surface area contributed by atoms with Gasteiger partial charge in [-0.25, -0.2) is 0 Å². The van der Waals surface area contributed by atoms with E-state index in [9.17, 15) is 0 Å². The largest absolute Gasteiger partial charge is 0.382 e. The van der Waals surface area contributed by atoms with Crippen molar-refractivity contribution in [3.05, 3.63) is 23.8 Å². The van der Waals surface area contributed by atoms with Gasteiger partial charge in [0.1, 0.15) is 24.4 Å². The minimum atomic E-state index is -0.454. The topological polar surface area (TPSA) is 90.4 Å². The van der Waals surface area contributed by atoms with Crippen LogP contribution in [0.25, 0.3) is 0 Å². The molecular weight excluding hydrogens is 368 g/mol. The van der Waals surface area contributed by atoms with Crippen molar-refractivity contribution in [1.82, 2.24) is 9.97 Å². The molecule has 0 N–H and O–H groups in total. The Morgan fingerprint density at radius 3 is 1.71 bits per heavy atom. The molecule has 0 saturated carbocycles. The molecule has 0 amide bonds. The summed E-state index contributed by atoms with van der Waals surface area (Å²) >= 11 is 0. The highest BCUT2D eigenvalue weighted by Crippen LogP contribution is 2.24. The van der Waals surface area contributed by atoms with E-state index < -0.39 is 12.2 Å². The normalized spacial score (nSPS) is 17.1. The first kappa shape index (κ1) is 24.8. The molecule has 0 aromatic carbocycles. The molecule has 0 aliphatic carbocycles. The Bertz CT molecular complexity index is 518. The first-order chi connectivity index (χ1) is 13.6. The predicted octanol–water partition coefficient (Wildman–Crippen LogP) is 1.06. The zero-order valence-corrected chi connectivity index (χ0v) is 17.9. The summed E-state index contributed by atoms with van der Waals surface area (Å²) in [5, 5.41) is 0. The van der Waals surface area contributed by atoms with Crippen molar-refractivity contribution in [3.63, 3.8) is 0 Å². The number of hydrogen-bond donors (Lipinski definition) is 0.